The quantitative estimate of drug-likeness (QED) is 0.0261. The summed E-state index contributed by atoms with van der Waals surface area (Å²) < 4.78 is 16.8. The van der Waals surface area contributed by atoms with Gasteiger partial charge in [0.1, 0.15) is 13.2 Å². The summed E-state index contributed by atoms with van der Waals surface area (Å²) in [6.45, 7) is 6.33. The molecule has 0 aromatic rings. The molecule has 0 aromatic carbocycles. The van der Waals surface area contributed by atoms with Crippen molar-refractivity contribution in [3.63, 3.8) is 0 Å². The van der Waals surface area contributed by atoms with E-state index in [0.717, 1.165) is 141 Å². The molecule has 6 heteroatoms. The molecule has 0 aromatic heterocycles. The monoisotopic (exact) mass is 1020 g/mol. The van der Waals surface area contributed by atoms with Gasteiger partial charge in [-0.05, 0) is 135 Å². The van der Waals surface area contributed by atoms with Crippen LogP contribution < -0.4 is 0 Å². The highest BCUT2D eigenvalue weighted by atomic mass is 16.6. The minimum Gasteiger partial charge on any atom is -0.462 e. The van der Waals surface area contributed by atoms with Gasteiger partial charge in [0.2, 0.25) is 0 Å². The van der Waals surface area contributed by atoms with Crippen LogP contribution in [0.2, 0.25) is 0 Å². The third-order valence-corrected chi connectivity index (χ3v) is 12.1. The number of rotatable bonds is 52. The number of carbonyl (C=O) groups is 3. The Bertz CT molecular complexity index is 1640. The fraction of sp³-hybridized carbons (Fsp3) is 0.603. The molecule has 0 saturated carbocycles. The number of hydrogen-bond donors (Lipinski definition) is 0. The Balaban J connectivity index is 4.54. The molecule has 1 atom stereocenters. The van der Waals surface area contributed by atoms with Crippen LogP contribution in [-0.4, -0.2) is 37.2 Å². The van der Waals surface area contributed by atoms with Gasteiger partial charge in [-0.25, -0.2) is 0 Å². The fourth-order valence-electron chi connectivity index (χ4n) is 7.65. The van der Waals surface area contributed by atoms with Crippen molar-refractivity contribution in [1.82, 2.24) is 0 Å². The number of unbranched alkanes of at least 4 members (excludes halogenated alkanes) is 17. The second-order valence-electron chi connectivity index (χ2n) is 19.1. The molecule has 0 N–H and O–H groups in total. The highest BCUT2D eigenvalue weighted by Gasteiger charge is 2.19. The lowest BCUT2D eigenvalue weighted by atomic mass is 10.1. The Labute approximate surface area is 455 Å². The summed E-state index contributed by atoms with van der Waals surface area (Å²) in [5.74, 6) is -1.02. The number of esters is 3. The van der Waals surface area contributed by atoms with Crippen molar-refractivity contribution < 1.29 is 28.6 Å². The molecule has 0 aliphatic heterocycles. The maximum absolute atomic E-state index is 12.9. The van der Waals surface area contributed by atoms with Gasteiger partial charge < -0.3 is 14.2 Å². The lowest BCUT2D eigenvalue weighted by molar-refractivity contribution is -0.167. The Morgan fingerprint density at radius 3 is 0.878 bits per heavy atom. The molecule has 1 unspecified atom stereocenters. The second-order valence-corrected chi connectivity index (χ2v) is 19.1. The second kappa shape index (κ2) is 60.8. The molecule has 0 bridgehead atoms. The summed E-state index contributed by atoms with van der Waals surface area (Å²) in [5.41, 5.74) is 0. The minimum absolute atomic E-state index is 0.119. The van der Waals surface area contributed by atoms with Crippen molar-refractivity contribution in [2.75, 3.05) is 13.2 Å². The molecule has 0 heterocycles. The Hall–Kier alpha value is -4.71. The third kappa shape index (κ3) is 58.2. The number of hydrogen-bond acceptors (Lipinski definition) is 6. The first-order valence-electron chi connectivity index (χ1n) is 29.8. The van der Waals surface area contributed by atoms with Gasteiger partial charge in [0, 0.05) is 19.3 Å². The van der Waals surface area contributed by atoms with E-state index >= 15 is 0 Å². The van der Waals surface area contributed by atoms with Gasteiger partial charge in [0.25, 0.3) is 0 Å². The molecular weight excluding hydrogens is 913 g/mol. The van der Waals surface area contributed by atoms with Crippen molar-refractivity contribution in [3.8, 4) is 0 Å². The maximum Gasteiger partial charge on any atom is 0.306 e. The van der Waals surface area contributed by atoms with Gasteiger partial charge in [-0.2, -0.15) is 0 Å². The van der Waals surface area contributed by atoms with Gasteiger partial charge in [0.15, 0.2) is 6.10 Å². The van der Waals surface area contributed by atoms with Crippen LogP contribution in [0.25, 0.3) is 0 Å². The first-order chi connectivity index (χ1) is 36.5. The van der Waals surface area contributed by atoms with Crippen LogP contribution in [0.15, 0.2) is 146 Å². The molecule has 0 radical (unpaired) electrons. The molecule has 0 fully saturated rings. The van der Waals surface area contributed by atoms with Crippen LogP contribution in [0, 0.1) is 0 Å². The summed E-state index contributed by atoms with van der Waals surface area (Å²) in [7, 11) is 0. The van der Waals surface area contributed by atoms with Crippen LogP contribution in [0.3, 0.4) is 0 Å². The normalized spacial score (nSPS) is 13.2. The van der Waals surface area contributed by atoms with Gasteiger partial charge >= 0.3 is 17.9 Å². The Kier molecular flexibility index (Phi) is 57.0. The number of carbonyl (C=O) groups excluding carboxylic acids is 3. The lowest BCUT2D eigenvalue weighted by Gasteiger charge is -2.18. The largest absolute Gasteiger partial charge is 0.462 e. The summed E-state index contributed by atoms with van der Waals surface area (Å²) in [5, 5.41) is 0. The predicted molar refractivity (Wildman–Crippen MR) is 320 cm³/mol. The lowest BCUT2D eigenvalue weighted by Crippen LogP contribution is -2.30. The van der Waals surface area contributed by atoms with E-state index in [1.807, 2.05) is 0 Å². The Morgan fingerprint density at radius 1 is 0.284 bits per heavy atom. The van der Waals surface area contributed by atoms with Gasteiger partial charge in [-0.3, -0.25) is 14.4 Å². The summed E-state index contributed by atoms with van der Waals surface area (Å²) >= 11 is 0. The van der Waals surface area contributed by atoms with Crippen molar-refractivity contribution in [2.45, 2.75) is 252 Å². The van der Waals surface area contributed by atoms with Crippen LogP contribution in [-0.2, 0) is 28.6 Å². The van der Waals surface area contributed by atoms with Crippen molar-refractivity contribution in [3.05, 3.63) is 146 Å². The van der Waals surface area contributed by atoms with Crippen LogP contribution in [0.4, 0.5) is 0 Å². The van der Waals surface area contributed by atoms with Crippen molar-refractivity contribution in [1.29, 1.82) is 0 Å². The van der Waals surface area contributed by atoms with Gasteiger partial charge in [0.05, 0.1) is 0 Å². The highest BCUT2D eigenvalue weighted by molar-refractivity contribution is 5.71. The fourth-order valence-corrected chi connectivity index (χ4v) is 7.65. The van der Waals surface area contributed by atoms with Crippen molar-refractivity contribution in [2.24, 2.45) is 0 Å². The average Bonchev–Trinajstić information content (AvgIpc) is 3.40. The van der Waals surface area contributed by atoms with Crippen molar-refractivity contribution >= 4 is 17.9 Å². The zero-order valence-electron chi connectivity index (χ0n) is 47.5. The molecule has 0 aliphatic carbocycles. The van der Waals surface area contributed by atoms with Gasteiger partial charge in [-0.1, -0.05) is 237 Å². The van der Waals surface area contributed by atoms with E-state index in [4.69, 9.17) is 14.2 Å². The predicted octanol–water partition coefficient (Wildman–Crippen LogP) is 20.4. The van der Waals surface area contributed by atoms with E-state index in [2.05, 4.69) is 167 Å². The van der Waals surface area contributed by atoms with Crippen LogP contribution >= 0.6 is 0 Å². The molecule has 0 rings (SSSR count). The molecule has 0 aliphatic rings. The van der Waals surface area contributed by atoms with E-state index in [1.54, 1.807) is 0 Å². The van der Waals surface area contributed by atoms with E-state index in [9.17, 15) is 14.4 Å². The number of ether oxygens (including phenoxy) is 3. The topological polar surface area (TPSA) is 78.9 Å². The first kappa shape index (κ1) is 69.3. The summed E-state index contributed by atoms with van der Waals surface area (Å²) in [6, 6.07) is 0. The zero-order valence-corrected chi connectivity index (χ0v) is 47.5. The van der Waals surface area contributed by atoms with E-state index < -0.39 is 6.10 Å². The highest BCUT2D eigenvalue weighted by Crippen LogP contribution is 2.13. The SMILES string of the molecule is CC/C=C\C/C=C\C/C=C\C/C=C\C/C=C\C/C=C\CCCCCCC(=O)OCC(COC(=O)CCCCCCC/C=C\CCCCCCCCC)OC(=O)CCC/C=C\C/C=C\C/C=C\C/C=C\C/C=C\CC. The molecule has 74 heavy (non-hydrogen) atoms. The minimum atomic E-state index is -0.829. The first-order valence-corrected chi connectivity index (χ1v) is 29.8. The smallest absolute Gasteiger partial charge is 0.306 e. The van der Waals surface area contributed by atoms with Gasteiger partial charge in [-0.15, -0.1) is 0 Å². The van der Waals surface area contributed by atoms with E-state index in [-0.39, 0.29) is 37.5 Å². The standard InChI is InChI=1S/C68H108O6/c1-4-7-10-13-16-19-22-25-28-31-32-33-34-35-36-38-40-43-46-49-52-55-58-61-67(70)73-64-65(63-72-66(69)60-57-54-51-48-45-42-39-30-27-24-21-18-15-12-9-6-3)74-68(71)62-59-56-53-50-47-44-41-37-29-26-23-20-17-14-11-8-5-2/h7-8,10-11,16-17,19-20,25-26,28-30,32-33,35-36,39-41,43-44,50,53,65H,4-6,9,12-15,18,21-24,27,31,34,37-38,42,45-49,51-52,54-64H2,1-3H3/b10-7-,11-8-,19-16-,20-17-,28-25-,29-26-,33-32-,36-35-,39-30-,43-40-,44-41-,53-50-. The third-order valence-electron chi connectivity index (χ3n) is 12.1. The molecular formula is C68H108O6. The summed E-state index contributed by atoms with van der Waals surface area (Å²) in [4.78, 5) is 38.2. The summed E-state index contributed by atoms with van der Waals surface area (Å²) in [6.07, 6.45) is 87.0. The average molecular weight is 1020 g/mol. The van der Waals surface area contributed by atoms with Crippen LogP contribution in [0.1, 0.15) is 245 Å². The molecule has 416 valence electrons. The van der Waals surface area contributed by atoms with Crippen LogP contribution in [0.5, 0.6) is 0 Å². The maximum atomic E-state index is 12.9. The Morgan fingerprint density at radius 2 is 0.541 bits per heavy atom. The molecule has 0 saturated heterocycles. The number of allylic oxidation sites excluding steroid dienone is 24. The zero-order chi connectivity index (χ0) is 53.6. The van der Waals surface area contributed by atoms with E-state index in [0.29, 0.717) is 19.3 Å². The molecule has 0 amide bonds. The molecule has 6 nitrogen and oxygen atoms in total. The van der Waals surface area contributed by atoms with E-state index in [1.165, 1.54) is 57.8 Å². The molecule has 0 spiro atoms.